The van der Waals surface area contributed by atoms with Gasteiger partial charge < -0.3 is 5.23 Å². The van der Waals surface area contributed by atoms with Crippen LogP contribution in [0.4, 0.5) is 0 Å². The van der Waals surface area contributed by atoms with Gasteiger partial charge in [-0.25, -0.2) is 0 Å². The summed E-state index contributed by atoms with van der Waals surface area (Å²) < 4.78 is 0. The van der Waals surface area contributed by atoms with Crippen molar-refractivity contribution < 1.29 is 0 Å². The van der Waals surface area contributed by atoms with E-state index in [1.807, 2.05) is 0 Å². The van der Waals surface area contributed by atoms with Gasteiger partial charge in [0.05, 0.1) is 0 Å². The topological polar surface area (TPSA) is 12.0 Å². The predicted molar refractivity (Wildman–Crippen MR) is 48.4 cm³/mol. The first kappa shape index (κ1) is 10.0. The average Bonchev–Trinajstić information content (AvgIpc) is 1.57. The van der Waals surface area contributed by atoms with Gasteiger partial charge in [0, 0.05) is 0 Å². The van der Waals surface area contributed by atoms with Crippen LogP contribution in [0.25, 0.3) is 0 Å². The second-order valence-corrected chi connectivity index (χ2v) is 4.90. The molecule has 1 N–H and O–H groups in total. The standard InChI is InChI=1S/C8H19BN/c1-7(2,3)9-10-8(4,5)6/h10H,1-6H3. The van der Waals surface area contributed by atoms with Gasteiger partial charge in [-0.3, -0.25) is 0 Å². The Labute approximate surface area is 65.9 Å². The molecule has 1 nitrogen and oxygen atoms in total. The Kier molecular flexibility index (Phi) is 2.96. The van der Waals surface area contributed by atoms with Gasteiger partial charge in [0.25, 0.3) is 0 Å². The number of hydrogen-bond donors (Lipinski definition) is 1. The summed E-state index contributed by atoms with van der Waals surface area (Å²) in [5.74, 6) is 0. The van der Waals surface area contributed by atoms with E-state index < -0.39 is 0 Å². The molecule has 0 aliphatic rings. The van der Waals surface area contributed by atoms with E-state index in [2.05, 4.69) is 54.2 Å². The molecule has 0 aromatic heterocycles. The molecule has 0 aliphatic heterocycles. The maximum Gasteiger partial charge on any atom is 0.211 e. The Morgan fingerprint density at radius 1 is 0.900 bits per heavy atom. The van der Waals surface area contributed by atoms with Crippen LogP contribution in [0.3, 0.4) is 0 Å². The third-order valence-corrected chi connectivity index (χ3v) is 0.938. The van der Waals surface area contributed by atoms with E-state index in [1.54, 1.807) is 0 Å². The quantitative estimate of drug-likeness (QED) is 0.550. The molecule has 0 amide bonds. The first-order valence-corrected chi connectivity index (χ1v) is 3.83. The zero-order chi connectivity index (χ0) is 8.41. The highest BCUT2D eigenvalue weighted by molar-refractivity contribution is 6.36. The Morgan fingerprint density at radius 3 is 1.40 bits per heavy atom. The van der Waals surface area contributed by atoms with Crippen molar-refractivity contribution in [3.63, 3.8) is 0 Å². The third kappa shape index (κ3) is 8.02. The highest BCUT2D eigenvalue weighted by Gasteiger charge is 2.17. The van der Waals surface area contributed by atoms with Gasteiger partial charge in [0.15, 0.2) is 0 Å². The lowest BCUT2D eigenvalue weighted by Crippen LogP contribution is -2.41. The highest BCUT2D eigenvalue weighted by Crippen LogP contribution is 2.19. The van der Waals surface area contributed by atoms with E-state index in [0.717, 1.165) is 0 Å². The molecule has 1 radical (unpaired) electrons. The fourth-order valence-corrected chi connectivity index (χ4v) is 0.433. The van der Waals surface area contributed by atoms with E-state index in [0.29, 0.717) is 0 Å². The van der Waals surface area contributed by atoms with E-state index in [9.17, 15) is 0 Å². The highest BCUT2D eigenvalue weighted by atomic mass is 14.9. The molecule has 0 rings (SSSR count). The molecule has 0 aromatic carbocycles. The van der Waals surface area contributed by atoms with Gasteiger partial charge in [-0.2, -0.15) is 0 Å². The Bertz CT molecular complexity index is 82.8. The monoisotopic (exact) mass is 140 g/mol. The second kappa shape index (κ2) is 2.95. The summed E-state index contributed by atoms with van der Waals surface area (Å²) in [6.07, 6.45) is 0. The molecule has 10 heavy (non-hydrogen) atoms. The van der Waals surface area contributed by atoms with Crippen molar-refractivity contribution >= 4 is 7.41 Å². The Balaban J connectivity index is 3.56. The summed E-state index contributed by atoms with van der Waals surface area (Å²) in [6, 6.07) is 0. The van der Waals surface area contributed by atoms with Gasteiger partial charge in [-0.15, -0.1) is 0 Å². The van der Waals surface area contributed by atoms with Crippen molar-refractivity contribution in [3.8, 4) is 0 Å². The van der Waals surface area contributed by atoms with Crippen LogP contribution in [-0.2, 0) is 0 Å². The van der Waals surface area contributed by atoms with Crippen molar-refractivity contribution in [2.45, 2.75) is 52.4 Å². The SMILES string of the molecule is CC(C)(C)[B]NC(C)(C)C. The van der Waals surface area contributed by atoms with Crippen molar-refractivity contribution in [2.75, 3.05) is 0 Å². The van der Waals surface area contributed by atoms with E-state index in [-0.39, 0.29) is 10.9 Å². The van der Waals surface area contributed by atoms with E-state index in [4.69, 9.17) is 0 Å². The summed E-state index contributed by atoms with van der Waals surface area (Å²) in [4.78, 5) is 0. The van der Waals surface area contributed by atoms with Crippen molar-refractivity contribution in [1.29, 1.82) is 0 Å². The zero-order valence-corrected chi connectivity index (χ0v) is 8.08. The maximum absolute atomic E-state index is 3.34. The van der Waals surface area contributed by atoms with Crippen LogP contribution in [0, 0.1) is 0 Å². The zero-order valence-electron chi connectivity index (χ0n) is 8.08. The van der Waals surface area contributed by atoms with Gasteiger partial charge in [0.2, 0.25) is 7.41 Å². The van der Waals surface area contributed by atoms with Crippen LogP contribution >= 0.6 is 0 Å². The van der Waals surface area contributed by atoms with Gasteiger partial charge >= 0.3 is 0 Å². The fraction of sp³-hybridized carbons (Fsp3) is 1.00. The van der Waals surface area contributed by atoms with Gasteiger partial charge in [0.1, 0.15) is 0 Å². The lowest BCUT2D eigenvalue weighted by Gasteiger charge is -2.25. The predicted octanol–water partition coefficient (Wildman–Crippen LogP) is 2.21. The second-order valence-electron chi connectivity index (χ2n) is 4.90. The molecule has 0 bridgehead atoms. The lowest BCUT2D eigenvalue weighted by molar-refractivity contribution is 0.511. The summed E-state index contributed by atoms with van der Waals surface area (Å²) >= 11 is 0. The van der Waals surface area contributed by atoms with Crippen LogP contribution in [0.5, 0.6) is 0 Å². The molecule has 0 aromatic rings. The summed E-state index contributed by atoms with van der Waals surface area (Å²) in [7, 11) is 2.15. The fourth-order valence-electron chi connectivity index (χ4n) is 0.433. The lowest BCUT2D eigenvalue weighted by atomic mass is 9.63. The number of nitrogens with one attached hydrogen (secondary N) is 1. The van der Waals surface area contributed by atoms with Crippen LogP contribution in [0.15, 0.2) is 0 Å². The number of hydrogen-bond acceptors (Lipinski definition) is 1. The maximum atomic E-state index is 3.34. The summed E-state index contributed by atoms with van der Waals surface area (Å²) in [5, 5.41) is 3.61. The van der Waals surface area contributed by atoms with Crippen molar-refractivity contribution in [2.24, 2.45) is 0 Å². The molecule has 0 spiro atoms. The van der Waals surface area contributed by atoms with Gasteiger partial charge in [-0.05, 0) is 31.6 Å². The molecular weight excluding hydrogens is 121 g/mol. The average molecular weight is 140 g/mol. The molecule has 0 atom stereocenters. The molecule has 0 unspecified atom stereocenters. The normalized spacial score (nSPS) is 13.4. The third-order valence-electron chi connectivity index (χ3n) is 0.938. The molecule has 0 heterocycles. The van der Waals surface area contributed by atoms with Crippen LogP contribution < -0.4 is 5.23 Å². The largest absolute Gasteiger partial charge is 0.355 e. The minimum absolute atomic E-state index is 0.202. The molecule has 0 saturated heterocycles. The van der Waals surface area contributed by atoms with Crippen LogP contribution in [0.2, 0.25) is 5.31 Å². The molecule has 0 fully saturated rings. The molecule has 2 heteroatoms. The van der Waals surface area contributed by atoms with E-state index >= 15 is 0 Å². The summed E-state index contributed by atoms with van der Waals surface area (Å²) in [6.45, 7) is 13.0. The molecule has 59 valence electrons. The molecule has 0 aliphatic carbocycles. The Hall–Kier alpha value is 0.0249. The van der Waals surface area contributed by atoms with Crippen molar-refractivity contribution in [1.82, 2.24) is 5.23 Å². The minimum atomic E-state index is 0.202. The first-order valence-electron chi connectivity index (χ1n) is 3.83. The van der Waals surface area contributed by atoms with Crippen LogP contribution in [0.1, 0.15) is 41.5 Å². The Morgan fingerprint density at radius 2 is 1.30 bits per heavy atom. The molecule has 0 saturated carbocycles. The molecular formula is C8H19BN. The van der Waals surface area contributed by atoms with E-state index in [1.165, 1.54) is 0 Å². The smallest absolute Gasteiger partial charge is 0.211 e. The number of rotatable bonds is 1. The van der Waals surface area contributed by atoms with Gasteiger partial charge in [-0.1, -0.05) is 20.8 Å². The first-order chi connectivity index (χ1) is 4.21. The summed E-state index contributed by atoms with van der Waals surface area (Å²) in [5.41, 5.74) is 0.202. The minimum Gasteiger partial charge on any atom is -0.355 e. The van der Waals surface area contributed by atoms with Crippen LogP contribution in [-0.4, -0.2) is 13.0 Å². The van der Waals surface area contributed by atoms with Crippen molar-refractivity contribution in [3.05, 3.63) is 0 Å².